The fourth-order valence-electron chi connectivity index (χ4n) is 2.98. The van der Waals surface area contributed by atoms with Crippen molar-refractivity contribution in [1.29, 1.82) is 0 Å². The highest BCUT2D eigenvalue weighted by Crippen LogP contribution is 2.42. The van der Waals surface area contributed by atoms with E-state index in [1.807, 2.05) is 18.2 Å². The number of fused-ring (bicyclic) bond motifs is 1. The molecule has 1 aromatic carbocycles. The molecule has 1 aliphatic heterocycles. The van der Waals surface area contributed by atoms with Crippen LogP contribution >= 0.6 is 11.6 Å². The summed E-state index contributed by atoms with van der Waals surface area (Å²) in [7, 11) is 0. The van der Waals surface area contributed by atoms with Gasteiger partial charge in [-0.2, -0.15) is 5.10 Å². The van der Waals surface area contributed by atoms with Gasteiger partial charge in [0.2, 0.25) is 0 Å². The molecule has 23 heavy (non-hydrogen) atoms. The number of aromatic amines is 1. The molecule has 1 aliphatic carbocycles. The van der Waals surface area contributed by atoms with Crippen LogP contribution in [0.3, 0.4) is 0 Å². The van der Waals surface area contributed by atoms with Gasteiger partial charge in [-0.25, -0.2) is 0 Å². The Morgan fingerprint density at radius 2 is 2.22 bits per heavy atom. The zero-order valence-corrected chi connectivity index (χ0v) is 13.4. The van der Waals surface area contributed by atoms with Gasteiger partial charge < -0.3 is 10.1 Å². The molecule has 1 fully saturated rings. The number of amides is 1. The lowest BCUT2D eigenvalue weighted by Gasteiger charge is -2.25. The van der Waals surface area contributed by atoms with Gasteiger partial charge in [-0.3, -0.25) is 9.89 Å². The van der Waals surface area contributed by atoms with Crippen molar-refractivity contribution in [3.8, 4) is 5.75 Å². The van der Waals surface area contributed by atoms with E-state index in [2.05, 4.69) is 21.6 Å². The number of halogens is 1. The Balaban J connectivity index is 1.37. The second-order valence-corrected chi connectivity index (χ2v) is 6.65. The van der Waals surface area contributed by atoms with Crippen molar-refractivity contribution in [3.63, 3.8) is 0 Å². The van der Waals surface area contributed by atoms with Crippen molar-refractivity contribution in [2.45, 2.75) is 25.2 Å². The van der Waals surface area contributed by atoms with Gasteiger partial charge in [0.1, 0.15) is 5.75 Å². The highest BCUT2D eigenvalue weighted by atomic mass is 35.5. The van der Waals surface area contributed by atoms with E-state index in [0.717, 1.165) is 30.7 Å². The van der Waals surface area contributed by atoms with E-state index in [1.54, 1.807) is 0 Å². The van der Waals surface area contributed by atoms with Crippen LogP contribution in [0, 0.1) is 5.92 Å². The van der Waals surface area contributed by atoms with E-state index in [-0.39, 0.29) is 11.8 Å². The molecule has 2 N–H and O–H groups in total. The maximum atomic E-state index is 12.3. The van der Waals surface area contributed by atoms with E-state index in [9.17, 15) is 4.79 Å². The smallest absolute Gasteiger partial charge is 0.273 e. The molecule has 1 amide bonds. The Morgan fingerprint density at radius 1 is 1.39 bits per heavy atom. The number of aromatic nitrogens is 2. The molecule has 2 aromatic rings. The summed E-state index contributed by atoms with van der Waals surface area (Å²) in [5.74, 6) is 1.42. The number of ether oxygens (including phenoxy) is 1. The van der Waals surface area contributed by atoms with Gasteiger partial charge in [0.25, 0.3) is 5.91 Å². The first kappa shape index (κ1) is 14.6. The van der Waals surface area contributed by atoms with E-state index >= 15 is 0 Å². The Kier molecular flexibility index (Phi) is 3.73. The summed E-state index contributed by atoms with van der Waals surface area (Å²) in [6, 6.07) is 8.02. The first-order chi connectivity index (χ1) is 11.2. The van der Waals surface area contributed by atoms with Crippen molar-refractivity contribution in [2.75, 3.05) is 13.2 Å². The summed E-state index contributed by atoms with van der Waals surface area (Å²) in [6.07, 6.45) is 3.13. The van der Waals surface area contributed by atoms with Gasteiger partial charge >= 0.3 is 0 Å². The Labute approximate surface area is 139 Å². The molecule has 2 aliphatic rings. The zero-order chi connectivity index (χ0) is 15.8. The first-order valence-electron chi connectivity index (χ1n) is 7.95. The molecule has 1 unspecified atom stereocenters. The second-order valence-electron chi connectivity index (χ2n) is 6.27. The van der Waals surface area contributed by atoms with Gasteiger partial charge in [0.05, 0.1) is 17.3 Å². The van der Waals surface area contributed by atoms with Gasteiger partial charge in [0.15, 0.2) is 5.69 Å². The quantitative estimate of drug-likeness (QED) is 0.905. The summed E-state index contributed by atoms with van der Waals surface area (Å²) in [5, 5.41) is 10.4. The van der Waals surface area contributed by atoms with Crippen LogP contribution < -0.4 is 10.1 Å². The maximum Gasteiger partial charge on any atom is 0.273 e. The van der Waals surface area contributed by atoms with E-state index in [0.29, 0.717) is 29.8 Å². The average Bonchev–Trinajstić information content (AvgIpc) is 3.35. The van der Waals surface area contributed by atoms with Crippen molar-refractivity contribution < 1.29 is 9.53 Å². The van der Waals surface area contributed by atoms with Crippen molar-refractivity contribution in [2.24, 2.45) is 5.92 Å². The SMILES string of the molecule is O=C(NCC1COc2ccccc2C1)c1n[nH]c(C2CC2)c1Cl. The number of carbonyl (C=O) groups excluding carboxylic acids is 1. The van der Waals surface area contributed by atoms with Crippen molar-refractivity contribution in [3.05, 3.63) is 46.2 Å². The average molecular weight is 332 g/mol. The van der Waals surface area contributed by atoms with Crippen molar-refractivity contribution >= 4 is 17.5 Å². The lowest BCUT2D eigenvalue weighted by Crippen LogP contribution is -2.35. The summed E-state index contributed by atoms with van der Waals surface area (Å²) in [6.45, 7) is 1.16. The number of carbonyl (C=O) groups is 1. The van der Waals surface area contributed by atoms with E-state index in [1.165, 1.54) is 5.56 Å². The number of nitrogens with one attached hydrogen (secondary N) is 2. The molecule has 120 valence electrons. The van der Waals surface area contributed by atoms with Gasteiger partial charge in [-0.15, -0.1) is 0 Å². The number of nitrogens with zero attached hydrogens (tertiary/aromatic N) is 1. The highest BCUT2D eigenvalue weighted by Gasteiger charge is 2.31. The maximum absolute atomic E-state index is 12.3. The molecule has 0 bridgehead atoms. The third-order valence-corrected chi connectivity index (χ3v) is 4.82. The van der Waals surface area contributed by atoms with Gasteiger partial charge in [0, 0.05) is 18.4 Å². The number of para-hydroxylation sites is 1. The molecular formula is C17H18ClN3O2. The minimum atomic E-state index is -0.225. The zero-order valence-electron chi connectivity index (χ0n) is 12.6. The molecule has 6 heteroatoms. The summed E-state index contributed by atoms with van der Waals surface area (Å²) < 4.78 is 5.74. The van der Waals surface area contributed by atoms with Crippen LogP contribution in [0.15, 0.2) is 24.3 Å². The van der Waals surface area contributed by atoms with Crippen molar-refractivity contribution in [1.82, 2.24) is 15.5 Å². The number of H-pyrrole nitrogens is 1. The molecule has 1 atom stereocenters. The largest absolute Gasteiger partial charge is 0.493 e. The number of hydrogen-bond donors (Lipinski definition) is 2. The number of rotatable bonds is 4. The Hall–Kier alpha value is -2.01. The standard InChI is InChI=1S/C17H18ClN3O2/c18-14-15(11-5-6-11)20-21-16(14)17(22)19-8-10-7-12-3-1-2-4-13(12)23-9-10/h1-4,10-11H,5-9H2,(H,19,22)(H,20,21). The lowest BCUT2D eigenvalue weighted by molar-refractivity contribution is 0.0934. The first-order valence-corrected chi connectivity index (χ1v) is 8.33. The van der Waals surface area contributed by atoms with Crippen LogP contribution in [0.4, 0.5) is 0 Å². The minimum absolute atomic E-state index is 0.225. The fraction of sp³-hybridized carbons (Fsp3) is 0.412. The lowest BCUT2D eigenvalue weighted by atomic mass is 9.97. The molecule has 1 aromatic heterocycles. The third kappa shape index (κ3) is 2.93. The summed E-state index contributed by atoms with van der Waals surface area (Å²) >= 11 is 6.26. The number of benzene rings is 1. The molecule has 5 nitrogen and oxygen atoms in total. The fourth-order valence-corrected chi connectivity index (χ4v) is 3.30. The predicted molar refractivity (Wildman–Crippen MR) is 87.0 cm³/mol. The Morgan fingerprint density at radius 3 is 3.04 bits per heavy atom. The summed E-state index contributed by atoms with van der Waals surface area (Å²) in [4.78, 5) is 12.3. The molecule has 0 radical (unpaired) electrons. The predicted octanol–water partition coefficient (Wildman–Crippen LogP) is 2.92. The highest BCUT2D eigenvalue weighted by molar-refractivity contribution is 6.34. The van der Waals surface area contributed by atoms with Crippen LogP contribution in [0.2, 0.25) is 5.02 Å². The molecular weight excluding hydrogens is 314 g/mol. The topological polar surface area (TPSA) is 67.0 Å². The van der Waals surface area contributed by atoms with Gasteiger partial charge in [-0.1, -0.05) is 29.8 Å². The normalized spacial score (nSPS) is 19.8. The van der Waals surface area contributed by atoms with Crippen LogP contribution in [0.25, 0.3) is 0 Å². The molecule has 0 saturated heterocycles. The van der Waals surface area contributed by atoms with Gasteiger partial charge in [-0.05, 0) is 30.9 Å². The van der Waals surface area contributed by atoms with Crippen LogP contribution in [0.1, 0.15) is 40.5 Å². The number of hydrogen-bond acceptors (Lipinski definition) is 3. The molecule has 4 rings (SSSR count). The third-order valence-electron chi connectivity index (χ3n) is 4.44. The Bertz CT molecular complexity index is 739. The second kappa shape index (κ2) is 5.89. The van der Waals surface area contributed by atoms with Crippen LogP contribution in [0.5, 0.6) is 5.75 Å². The van der Waals surface area contributed by atoms with E-state index in [4.69, 9.17) is 16.3 Å². The minimum Gasteiger partial charge on any atom is -0.493 e. The van der Waals surface area contributed by atoms with Crippen LogP contribution in [-0.2, 0) is 6.42 Å². The van der Waals surface area contributed by atoms with E-state index < -0.39 is 0 Å². The monoisotopic (exact) mass is 331 g/mol. The molecule has 1 saturated carbocycles. The molecule has 2 heterocycles. The molecule has 0 spiro atoms. The summed E-state index contributed by atoms with van der Waals surface area (Å²) in [5.41, 5.74) is 2.38. The van der Waals surface area contributed by atoms with Crippen LogP contribution in [-0.4, -0.2) is 29.3 Å².